The number of aliphatic hydroxyl groups is 1. The number of hydrogen-bond acceptors (Lipinski definition) is 3. The highest BCUT2D eigenvalue weighted by Crippen LogP contribution is 2.48. The Morgan fingerprint density at radius 2 is 1.62 bits per heavy atom. The van der Waals surface area contributed by atoms with Crippen molar-refractivity contribution in [1.82, 2.24) is 0 Å². The van der Waals surface area contributed by atoms with Gasteiger partial charge in [-0.3, -0.25) is 0 Å². The van der Waals surface area contributed by atoms with Gasteiger partial charge in [-0.05, 0) is 22.4 Å². The second kappa shape index (κ2) is 7.88. The van der Waals surface area contributed by atoms with Gasteiger partial charge in [0, 0.05) is 35.6 Å². The van der Waals surface area contributed by atoms with E-state index in [2.05, 4.69) is 81.1 Å². The molecule has 2 aromatic carbocycles. The summed E-state index contributed by atoms with van der Waals surface area (Å²) in [4.78, 5) is 12.9. The lowest BCUT2D eigenvalue weighted by atomic mass is 9.77. The lowest BCUT2D eigenvalue weighted by Crippen LogP contribution is -2.35. The topological polar surface area (TPSA) is 46.5 Å². The van der Waals surface area contributed by atoms with E-state index in [1.54, 1.807) is 0 Å². The first-order chi connectivity index (χ1) is 14.9. The van der Waals surface area contributed by atoms with Gasteiger partial charge in [0.25, 0.3) is 0 Å². The van der Waals surface area contributed by atoms with Gasteiger partial charge in [-0.2, -0.15) is 0 Å². The maximum atomic E-state index is 12.9. The number of fused-ring (bicyclic) bond motifs is 2. The van der Waals surface area contributed by atoms with Crippen LogP contribution >= 0.6 is 0 Å². The number of rotatable bonds is 3. The molecule has 3 nitrogen and oxygen atoms in total. The van der Waals surface area contributed by atoms with Gasteiger partial charge in [0.2, 0.25) is 0 Å². The average Bonchev–Trinajstić information content (AvgIpc) is 3.01. The molecule has 0 fully saturated rings. The smallest absolute Gasteiger partial charge is 0.335 e. The van der Waals surface area contributed by atoms with Crippen LogP contribution in [0.2, 0.25) is 39.3 Å². The molecule has 0 spiro atoms. The van der Waals surface area contributed by atoms with Gasteiger partial charge in [0.1, 0.15) is 13.8 Å². The Kier molecular flexibility index (Phi) is 5.61. The van der Waals surface area contributed by atoms with Gasteiger partial charge in [-0.15, -0.1) is 11.5 Å². The van der Waals surface area contributed by atoms with E-state index in [0.29, 0.717) is 25.0 Å². The van der Waals surface area contributed by atoms with E-state index in [4.69, 9.17) is 4.74 Å². The van der Waals surface area contributed by atoms with Crippen LogP contribution in [0.15, 0.2) is 59.0 Å². The Labute approximate surface area is 193 Å². The molecule has 4 rings (SSSR count). The molecular weight excluding hydrogens is 428 g/mol. The summed E-state index contributed by atoms with van der Waals surface area (Å²) in [6.07, 6.45) is 1.25. The zero-order chi connectivity index (χ0) is 23.3. The average molecular weight is 461 g/mol. The highest BCUT2D eigenvalue weighted by Gasteiger charge is 2.46. The molecule has 0 unspecified atom stereocenters. The minimum Gasteiger partial charge on any atom is -0.423 e. The lowest BCUT2D eigenvalue weighted by Gasteiger charge is -2.34. The molecule has 0 aromatic heterocycles. The van der Waals surface area contributed by atoms with Crippen molar-refractivity contribution in [3.05, 3.63) is 64.6 Å². The Morgan fingerprint density at radius 3 is 2.28 bits per heavy atom. The van der Waals surface area contributed by atoms with Crippen molar-refractivity contribution in [2.24, 2.45) is 0 Å². The third-order valence-corrected chi connectivity index (χ3v) is 8.92. The summed E-state index contributed by atoms with van der Waals surface area (Å²) in [6, 6.07) is 14.5. The number of esters is 1. The fourth-order valence-electron chi connectivity index (χ4n) is 4.62. The van der Waals surface area contributed by atoms with E-state index in [0.717, 1.165) is 32.7 Å². The van der Waals surface area contributed by atoms with Crippen molar-refractivity contribution in [3.63, 3.8) is 0 Å². The molecule has 166 valence electrons. The molecule has 1 aliphatic heterocycles. The maximum absolute atomic E-state index is 12.9. The SMILES string of the molecule is C[Si](C)(C)C#CC[C@@]1(O)CC2=C([Si](C)(C)C)C(=O)OC2=C(c2ccc3ccccc3c2)C1. The molecule has 0 amide bonds. The summed E-state index contributed by atoms with van der Waals surface area (Å²) >= 11 is 0. The molecule has 0 radical (unpaired) electrons. The number of allylic oxidation sites excluding steroid dienone is 1. The summed E-state index contributed by atoms with van der Waals surface area (Å²) in [5, 5.41) is 14.8. The Bertz CT molecular complexity index is 1230. The number of ether oxygens (including phenoxy) is 1. The Hall–Kier alpha value is -2.40. The van der Waals surface area contributed by atoms with E-state index in [1.807, 2.05) is 12.1 Å². The molecule has 2 aliphatic rings. The van der Waals surface area contributed by atoms with Gasteiger partial charge in [-0.25, -0.2) is 4.79 Å². The minimum atomic E-state index is -1.96. The van der Waals surface area contributed by atoms with Crippen LogP contribution in [-0.4, -0.2) is 32.8 Å². The van der Waals surface area contributed by atoms with Crippen LogP contribution in [-0.2, 0) is 9.53 Å². The van der Waals surface area contributed by atoms with Crippen LogP contribution in [0.5, 0.6) is 0 Å². The fourth-order valence-corrected chi connectivity index (χ4v) is 7.01. The highest BCUT2D eigenvalue weighted by atomic mass is 28.3. The van der Waals surface area contributed by atoms with E-state index in [1.165, 1.54) is 0 Å². The Balaban J connectivity index is 1.87. The number of carbonyl (C=O) groups is 1. The van der Waals surface area contributed by atoms with Crippen LogP contribution in [0.25, 0.3) is 16.3 Å². The normalized spacial score (nSPS) is 21.4. The quantitative estimate of drug-likeness (QED) is 0.343. The molecule has 2 aromatic rings. The van der Waals surface area contributed by atoms with E-state index < -0.39 is 21.7 Å². The molecule has 0 saturated heterocycles. The third kappa shape index (κ3) is 4.54. The molecule has 0 saturated carbocycles. The second-order valence-electron chi connectivity index (χ2n) is 11.2. The molecular formula is C27H32O3Si2. The first-order valence-electron chi connectivity index (χ1n) is 11.3. The van der Waals surface area contributed by atoms with Gasteiger partial charge >= 0.3 is 5.97 Å². The summed E-state index contributed by atoms with van der Waals surface area (Å²) in [5.41, 5.74) is 5.20. The van der Waals surface area contributed by atoms with Gasteiger partial charge in [0.05, 0.1) is 13.7 Å². The van der Waals surface area contributed by atoms with Crippen LogP contribution < -0.4 is 0 Å². The van der Waals surface area contributed by atoms with Crippen LogP contribution in [0.4, 0.5) is 0 Å². The predicted molar refractivity (Wildman–Crippen MR) is 137 cm³/mol. The standard InChI is InChI=1S/C27H32O3Si2/c1-31(2,3)15-9-14-27(29)17-22(21-13-12-19-10-7-8-11-20(19)16-21)24-23(18-27)25(26(28)30-24)32(4,5)6/h7-8,10-13,16,29H,14,17-18H2,1-6H3/t27-/m0/s1. The van der Waals surface area contributed by atoms with Gasteiger partial charge in [0.15, 0.2) is 0 Å². The summed E-state index contributed by atoms with van der Waals surface area (Å²) in [5.74, 6) is 3.72. The second-order valence-corrected chi connectivity index (χ2v) is 20.9. The zero-order valence-electron chi connectivity index (χ0n) is 19.9. The molecule has 32 heavy (non-hydrogen) atoms. The van der Waals surface area contributed by atoms with Crippen molar-refractivity contribution in [1.29, 1.82) is 0 Å². The molecule has 5 heteroatoms. The van der Waals surface area contributed by atoms with Crippen molar-refractivity contribution in [3.8, 4) is 11.5 Å². The van der Waals surface area contributed by atoms with E-state index in [-0.39, 0.29) is 5.97 Å². The van der Waals surface area contributed by atoms with Gasteiger partial charge < -0.3 is 9.84 Å². The van der Waals surface area contributed by atoms with Crippen molar-refractivity contribution < 1.29 is 14.6 Å². The summed E-state index contributed by atoms with van der Waals surface area (Å²) in [6.45, 7) is 13.1. The van der Waals surface area contributed by atoms with Crippen LogP contribution in [0.1, 0.15) is 24.8 Å². The predicted octanol–water partition coefficient (Wildman–Crippen LogP) is 6.08. The summed E-state index contributed by atoms with van der Waals surface area (Å²) in [7, 11) is -3.50. The molecule has 0 bridgehead atoms. The Morgan fingerprint density at radius 1 is 0.969 bits per heavy atom. The largest absolute Gasteiger partial charge is 0.423 e. The van der Waals surface area contributed by atoms with Crippen LogP contribution in [0, 0.1) is 11.5 Å². The number of benzene rings is 2. The zero-order valence-corrected chi connectivity index (χ0v) is 21.9. The molecule has 1 aliphatic carbocycles. The van der Waals surface area contributed by atoms with Crippen LogP contribution in [0.3, 0.4) is 0 Å². The van der Waals surface area contributed by atoms with E-state index >= 15 is 0 Å². The third-order valence-electron chi connectivity index (χ3n) is 5.99. The fraction of sp³-hybridized carbons (Fsp3) is 0.370. The van der Waals surface area contributed by atoms with Crippen molar-refractivity contribution >= 4 is 38.5 Å². The minimum absolute atomic E-state index is 0.232. The highest BCUT2D eigenvalue weighted by molar-refractivity contribution is 6.87. The number of carbonyl (C=O) groups excluding carboxylic acids is 1. The first-order valence-corrected chi connectivity index (χ1v) is 18.3. The van der Waals surface area contributed by atoms with Crippen molar-refractivity contribution in [2.75, 3.05) is 0 Å². The molecule has 1 atom stereocenters. The molecule has 1 heterocycles. The maximum Gasteiger partial charge on any atom is 0.335 e. The number of hydrogen-bond donors (Lipinski definition) is 1. The van der Waals surface area contributed by atoms with E-state index in [9.17, 15) is 9.90 Å². The molecule has 1 N–H and O–H groups in total. The lowest BCUT2D eigenvalue weighted by molar-refractivity contribution is -0.132. The van der Waals surface area contributed by atoms with Crippen molar-refractivity contribution in [2.45, 2.75) is 64.1 Å². The monoisotopic (exact) mass is 460 g/mol. The van der Waals surface area contributed by atoms with Gasteiger partial charge in [-0.1, -0.05) is 75.7 Å². The summed E-state index contributed by atoms with van der Waals surface area (Å²) < 4.78 is 5.90. The first kappa shape index (κ1) is 22.8.